The molecule has 0 bridgehead atoms. The first-order valence-electron chi connectivity index (χ1n) is 11.5. The third-order valence-corrected chi connectivity index (χ3v) is 6.00. The van der Waals surface area contributed by atoms with Gasteiger partial charge in [-0.3, -0.25) is 4.79 Å². The number of nitrogens with zero attached hydrogens (tertiary/aromatic N) is 4. The number of hydrogen-bond donors (Lipinski definition) is 0. The molecule has 0 N–H and O–H groups in total. The fourth-order valence-corrected chi connectivity index (χ4v) is 4.05. The number of benzene rings is 3. The molecule has 1 aromatic heterocycles. The number of carbonyl (C=O) groups excluding carboxylic acids is 1. The lowest BCUT2D eigenvalue weighted by molar-refractivity contribution is -0.133. The SMILES string of the molecule is O=C(COc1ccc(-c2ccccc2)cc1)N1CCN(c2ccc(-c3ccccc3)nn2)CC1. The van der Waals surface area contributed by atoms with Gasteiger partial charge in [0, 0.05) is 31.7 Å². The van der Waals surface area contributed by atoms with Crippen LogP contribution in [-0.4, -0.2) is 53.8 Å². The molecule has 4 aromatic rings. The highest BCUT2D eigenvalue weighted by molar-refractivity contribution is 5.78. The van der Waals surface area contributed by atoms with Crippen LogP contribution >= 0.6 is 0 Å². The molecule has 5 rings (SSSR count). The lowest BCUT2D eigenvalue weighted by Crippen LogP contribution is -2.50. The van der Waals surface area contributed by atoms with Crippen molar-refractivity contribution in [2.45, 2.75) is 0 Å². The Morgan fingerprint density at radius 3 is 1.91 bits per heavy atom. The molecule has 0 aliphatic carbocycles. The Morgan fingerprint density at radius 2 is 1.29 bits per heavy atom. The fourth-order valence-electron chi connectivity index (χ4n) is 4.05. The minimum atomic E-state index is -0.00250. The van der Waals surface area contributed by atoms with E-state index in [0.717, 1.165) is 41.3 Å². The molecule has 0 unspecified atom stereocenters. The zero-order valence-corrected chi connectivity index (χ0v) is 18.9. The van der Waals surface area contributed by atoms with E-state index in [0.29, 0.717) is 18.8 Å². The van der Waals surface area contributed by atoms with Gasteiger partial charge >= 0.3 is 0 Å². The number of aromatic nitrogens is 2. The van der Waals surface area contributed by atoms with Gasteiger partial charge in [-0.2, -0.15) is 0 Å². The van der Waals surface area contributed by atoms with Gasteiger partial charge in [-0.1, -0.05) is 72.8 Å². The van der Waals surface area contributed by atoms with Gasteiger partial charge in [0.05, 0.1) is 5.69 Å². The van der Waals surface area contributed by atoms with E-state index in [1.807, 2.05) is 89.8 Å². The first-order valence-corrected chi connectivity index (χ1v) is 11.5. The molecular formula is C28H26N4O2. The van der Waals surface area contributed by atoms with Crippen LogP contribution < -0.4 is 9.64 Å². The van der Waals surface area contributed by atoms with E-state index in [-0.39, 0.29) is 12.5 Å². The molecule has 1 aliphatic heterocycles. The average molecular weight is 451 g/mol. The average Bonchev–Trinajstić information content (AvgIpc) is 2.93. The summed E-state index contributed by atoms with van der Waals surface area (Å²) in [6.07, 6.45) is 0. The van der Waals surface area contributed by atoms with Crippen molar-refractivity contribution in [2.24, 2.45) is 0 Å². The van der Waals surface area contributed by atoms with Gasteiger partial charge in [-0.15, -0.1) is 10.2 Å². The van der Waals surface area contributed by atoms with Gasteiger partial charge < -0.3 is 14.5 Å². The molecule has 6 nitrogen and oxygen atoms in total. The quantitative estimate of drug-likeness (QED) is 0.432. The normalized spacial score (nSPS) is 13.5. The van der Waals surface area contributed by atoms with Gasteiger partial charge in [0.1, 0.15) is 5.75 Å². The van der Waals surface area contributed by atoms with E-state index in [1.165, 1.54) is 0 Å². The number of piperazine rings is 1. The largest absolute Gasteiger partial charge is 0.484 e. The minimum absolute atomic E-state index is 0.00250. The van der Waals surface area contributed by atoms with Crippen LogP contribution in [0.2, 0.25) is 0 Å². The van der Waals surface area contributed by atoms with Crippen molar-refractivity contribution in [1.29, 1.82) is 0 Å². The number of hydrogen-bond acceptors (Lipinski definition) is 5. The Morgan fingerprint density at radius 1 is 0.676 bits per heavy atom. The summed E-state index contributed by atoms with van der Waals surface area (Å²) in [7, 11) is 0. The molecule has 0 saturated carbocycles. The van der Waals surface area contributed by atoms with Crippen molar-refractivity contribution < 1.29 is 9.53 Å². The maximum atomic E-state index is 12.7. The summed E-state index contributed by atoms with van der Waals surface area (Å²) >= 11 is 0. The minimum Gasteiger partial charge on any atom is -0.484 e. The van der Waals surface area contributed by atoms with Gasteiger partial charge in [-0.05, 0) is 35.4 Å². The summed E-state index contributed by atoms with van der Waals surface area (Å²) in [6, 6.07) is 32.0. The Labute approximate surface area is 199 Å². The number of anilines is 1. The highest BCUT2D eigenvalue weighted by Gasteiger charge is 2.22. The summed E-state index contributed by atoms with van der Waals surface area (Å²) in [6.45, 7) is 2.75. The lowest BCUT2D eigenvalue weighted by Gasteiger charge is -2.35. The molecule has 2 heterocycles. The van der Waals surface area contributed by atoms with Gasteiger partial charge in [0.2, 0.25) is 0 Å². The van der Waals surface area contributed by atoms with Crippen molar-refractivity contribution in [1.82, 2.24) is 15.1 Å². The third kappa shape index (κ3) is 5.07. The smallest absolute Gasteiger partial charge is 0.260 e. The molecular weight excluding hydrogens is 424 g/mol. The number of rotatable bonds is 6. The number of amides is 1. The summed E-state index contributed by atoms with van der Waals surface area (Å²) in [4.78, 5) is 16.7. The molecule has 1 fully saturated rings. The van der Waals surface area contributed by atoms with Crippen LogP contribution in [0.15, 0.2) is 97.1 Å². The monoisotopic (exact) mass is 450 g/mol. The first-order chi connectivity index (χ1) is 16.8. The van der Waals surface area contributed by atoms with Crippen molar-refractivity contribution in [3.05, 3.63) is 97.1 Å². The van der Waals surface area contributed by atoms with Crippen LogP contribution in [0, 0.1) is 0 Å². The molecule has 0 radical (unpaired) electrons. The van der Waals surface area contributed by atoms with Crippen LogP contribution in [0.25, 0.3) is 22.4 Å². The van der Waals surface area contributed by atoms with Crippen molar-refractivity contribution in [3.8, 4) is 28.1 Å². The van der Waals surface area contributed by atoms with Crippen LogP contribution in [-0.2, 0) is 4.79 Å². The van der Waals surface area contributed by atoms with Crippen LogP contribution in [0.1, 0.15) is 0 Å². The fraction of sp³-hybridized carbons (Fsp3) is 0.179. The van der Waals surface area contributed by atoms with E-state index in [2.05, 4.69) is 27.2 Å². The topological polar surface area (TPSA) is 58.6 Å². The summed E-state index contributed by atoms with van der Waals surface area (Å²) in [5.74, 6) is 1.53. The summed E-state index contributed by atoms with van der Waals surface area (Å²) < 4.78 is 5.75. The van der Waals surface area contributed by atoms with Crippen molar-refractivity contribution in [2.75, 3.05) is 37.7 Å². The predicted octanol–water partition coefficient (Wildman–Crippen LogP) is 4.54. The Balaban J connectivity index is 1.11. The molecule has 0 atom stereocenters. The van der Waals surface area contributed by atoms with E-state index in [1.54, 1.807) is 0 Å². The Kier molecular flexibility index (Phi) is 6.47. The first kappa shape index (κ1) is 21.6. The standard InChI is InChI=1S/C28H26N4O2/c33-28(21-34-25-13-11-23(12-14-25)22-7-3-1-4-8-22)32-19-17-31(18-20-32)27-16-15-26(29-30-27)24-9-5-2-6-10-24/h1-16H,17-21H2. The van der Waals surface area contributed by atoms with Gasteiger partial charge in [-0.25, -0.2) is 0 Å². The lowest BCUT2D eigenvalue weighted by atomic mass is 10.1. The third-order valence-electron chi connectivity index (χ3n) is 6.00. The van der Waals surface area contributed by atoms with Crippen molar-refractivity contribution >= 4 is 11.7 Å². The zero-order valence-electron chi connectivity index (χ0n) is 18.9. The number of ether oxygens (including phenoxy) is 1. The maximum absolute atomic E-state index is 12.7. The van der Waals surface area contributed by atoms with Crippen LogP contribution in [0.4, 0.5) is 5.82 Å². The Hall–Kier alpha value is -4.19. The predicted molar refractivity (Wildman–Crippen MR) is 134 cm³/mol. The van der Waals surface area contributed by atoms with E-state index < -0.39 is 0 Å². The number of carbonyl (C=O) groups is 1. The maximum Gasteiger partial charge on any atom is 0.260 e. The van der Waals surface area contributed by atoms with E-state index in [4.69, 9.17) is 4.74 Å². The van der Waals surface area contributed by atoms with Crippen LogP contribution in [0.5, 0.6) is 5.75 Å². The molecule has 3 aromatic carbocycles. The Bertz CT molecular complexity index is 1210. The highest BCUT2D eigenvalue weighted by Crippen LogP contribution is 2.22. The van der Waals surface area contributed by atoms with E-state index >= 15 is 0 Å². The van der Waals surface area contributed by atoms with E-state index in [9.17, 15) is 4.79 Å². The zero-order chi connectivity index (χ0) is 23.2. The molecule has 34 heavy (non-hydrogen) atoms. The van der Waals surface area contributed by atoms with Gasteiger partial charge in [0.25, 0.3) is 5.91 Å². The molecule has 170 valence electrons. The second kappa shape index (κ2) is 10.2. The summed E-state index contributed by atoms with van der Waals surface area (Å²) in [5.41, 5.74) is 4.18. The second-order valence-corrected chi connectivity index (χ2v) is 8.19. The molecule has 0 spiro atoms. The van der Waals surface area contributed by atoms with Crippen LogP contribution in [0.3, 0.4) is 0 Å². The molecule has 1 aliphatic rings. The van der Waals surface area contributed by atoms with Gasteiger partial charge in [0.15, 0.2) is 12.4 Å². The highest BCUT2D eigenvalue weighted by atomic mass is 16.5. The second-order valence-electron chi connectivity index (χ2n) is 8.19. The molecule has 6 heteroatoms. The molecule has 1 amide bonds. The summed E-state index contributed by atoms with van der Waals surface area (Å²) in [5, 5.41) is 8.78. The van der Waals surface area contributed by atoms with Crippen molar-refractivity contribution in [3.63, 3.8) is 0 Å². The molecule has 1 saturated heterocycles.